The third-order valence-corrected chi connectivity index (χ3v) is 10.7. The average molecular weight is 581 g/mol. The third kappa shape index (κ3) is 7.14. The summed E-state index contributed by atoms with van der Waals surface area (Å²) < 4.78 is 0. The third-order valence-electron chi connectivity index (χ3n) is 9.41. The van der Waals surface area contributed by atoms with Crippen molar-refractivity contribution in [1.29, 1.82) is 0 Å². The van der Waals surface area contributed by atoms with Gasteiger partial charge in [-0.15, -0.1) is 11.8 Å². The summed E-state index contributed by atoms with van der Waals surface area (Å²) in [7, 11) is 3.68. The number of thioether (sulfide) groups is 1. The van der Waals surface area contributed by atoms with Crippen LogP contribution in [0.2, 0.25) is 0 Å². The molecule has 4 fully saturated rings. The Bertz CT molecular complexity index is 1080. The van der Waals surface area contributed by atoms with E-state index in [0.29, 0.717) is 12.6 Å². The second kappa shape index (κ2) is 14.2. The monoisotopic (exact) mass is 580 g/mol. The molecule has 1 aliphatic carbocycles. The van der Waals surface area contributed by atoms with Crippen LogP contribution in [-0.4, -0.2) is 116 Å². The zero-order chi connectivity index (χ0) is 28.8. The maximum atomic E-state index is 13.1. The van der Waals surface area contributed by atoms with Crippen molar-refractivity contribution in [3.8, 4) is 0 Å². The summed E-state index contributed by atoms with van der Waals surface area (Å²) in [6, 6.07) is 4.97. The summed E-state index contributed by atoms with van der Waals surface area (Å²) in [5, 5.41) is 3.24. The number of hydrogen-bond acceptors (Lipinski definition) is 9. The zero-order valence-corrected chi connectivity index (χ0v) is 26.0. The molecule has 4 heterocycles. The smallest absolute Gasteiger partial charge is 0.236 e. The highest BCUT2D eigenvalue weighted by molar-refractivity contribution is 8.05. The first-order valence-corrected chi connectivity index (χ1v) is 16.4. The van der Waals surface area contributed by atoms with Gasteiger partial charge in [-0.05, 0) is 70.1 Å². The van der Waals surface area contributed by atoms with Crippen LogP contribution in [0.3, 0.4) is 0 Å². The molecular formula is C31H48N8OS. The van der Waals surface area contributed by atoms with Crippen LogP contribution < -0.4 is 10.2 Å². The Labute approximate surface area is 250 Å². The van der Waals surface area contributed by atoms with E-state index in [1.54, 1.807) is 22.9 Å². The lowest BCUT2D eigenvalue weighted by molar-refractivity contribution is -0.128. The van der Waals surface area contributed by atoms with Gasteiger partial charge in [0.05, 0.1) is 22.8 Å². The van der Waals surface area contributed by atoms with Gasteiger partial charge >= 0.3 is 0 Å². The van der Waals surface area contributed by atoms with E-state index in [2.05, 4.69) is 50.8 Å². The summed E-state index contributed by atoms with van der Waals surface area (Å²) in [5.74, 6) is 1.56. The van der Waals surface area contributed by atoms with E-state index >= 15 is 0 Å². The summed E-state index contributed by atoms with van der Waals surface area (Å²) in [5.41, 5.74) is 2.18. The van der Waals surface area contributed by atoms with Crippen molar-refractivity contribution in [2.24, 2.45) is 21.8 Å². The molecule has 0 aromatic carbocycles. The Hall–Kier alpha value is -2.43. The number of likely N-dealkylation sites (tertiary alicyclic amines) is 1. The molecule has 41 heavy (non-hydrogen) atoms. The van der Waals surface area contributed by atoms with Crippen LogP contribution in [0.1, 0.15) is 45.4 Å². The molecule has 2 unspecified atom stereocenters. The number of aromatic nitrogens is 1. The van der Waals surface area contributed by atoms with E-state index in [-0.39, 0.29) is 17.1 Å². The van der Waals surface area contributed by atoms with Crippen molar-refractivity contribution < 1.29 is 4.79 Å². The van der Waals surface area contributed by atoms with Crippen LogP contribution in [-0.2, 0) is 4.79 Å². The van der Waals surface area contributed by atoms with Gasteiger partial charge in [-0.2, -0.15) is 0 Å². The van der Waals surface area contributed by atoms with Gasteiger partial charge in [-0.1, -0.05) is 19.8 Å². The molecule has 0 spiro atoms. The highest BCUT2D eigenvalue weighted by Gasteiger charge is 2.46. The number of pyridine rings is 1. The van der Waals surface area contributed by atoms with Crippen molar-refractivity contribution in [3.63, 3.8) is 0 Å². The van der Waals surface area contributed by atoms with Gasteiger partial charge in [0, 0.05) is 63.3 Å². The largest absolute Gasteiger partial charge is 0.368 e. The van der Waals surface area contributed by atoms with E-state index in [9.17, 15) is 4.79 Å². The van der Waals surface area contributed by atoms with Gasteiger partial charge < -0.3 is 20.0 Å². The van der Waals surface area contributed by atoms with Gasteiger partial charge in [0.2, 0.25) is 5.91 Å². The Morgan fingerprint density at radius 2 is 1.85 bits per heavy atom. The minimum Gasteiger partial charge on any atom is -0.368 e. The van der Waals surface area contributed by atoms with Crippen LogP contribution in [0, 0.1) is 11.8 Å². The van der Waals surface area contributed by atoms with Crippen molar-refractivity contribution >= 4 is 41.6 Å². The Morgan fingerprint density at radius 3 is 2.46 bits per heavy atom. The molecule has 9 nitrogen and oxygen atoms in total. The van der Waals surface area contributed by atoms with Crippen LogP contribution in [0.4, 0.5) is 11.5 Å². The number of aliphatic imine (C=N–C) groups is 2. The standard InChI is InChI=1S/C31H48N8OS/c1-5-37-14-12-24(13-15-37)38-16-18-39(19-17-38)25-10-11-27(33-20-25)34-22-35-29-26(21-32-2)41-30(31(40)36(3)4)28(29)23-8-6-7-9-23/h10-11,20-21,23-24,28,30H,2,5-9,12-19,22H2,1,3-4H3,(H,33,34)/b26-21+,35-29?. The van der Waals surface area contributed by atoms with Crippen LogP contribution in [0.5, 0.6) is 0 Å². The summed E-state index contributed by atoms with van der Waals surface area (Å²) in [4.78, 5) is 37.3. The minimum absolute atomic E-state index is 0.111. The maximum Gasteiger partial charge on any atom is 0.236 e. The maximum absolute atomic E-state index is 13.1. The minimum atomic E-state index is -0.151. The lowest BCUT2D eigenvalue weighted by atomic mass is 9.83. The van der Waals surface area contributed by atoms with E-state index < -0.39 is 0 Å². The number of hydrogen-bond donors (Lipinski definition) is 1. The summed E-state index contributed by atoms with van der Waals surface area (Å²) >= 11 is 1.60. The quantitative estimate of drug-likeness (QED) is 0.442. The highest BCUT2D eigenvalue weighted by atomic mass is 32.2. The molecule has 0 radical (unpaired) electrons. The topological polar surface area (TPSA) is 79.7 Å². The van der Waals surface area contributed by atoms with Crippen LogP contribution >= 0.6 is 11.8 Å². The Balaban J connectivity index is 1.18. The van der Waals surface area contributed by atoms with Gasteiger partial charge in [0.25, 0.3) is 0 Å². The molecule has 1 aromatic heterocycles. The SMILES string of the molecule is C=N/C=C1/SC(C(=O)N(C)C)C(C2CCCC2)C1=NCNc1ccc(N2CCN(C3CCN(CC)CC3)CC2)cn1. The first-order valence-electron chi connectivity index (χ1n) is 15.5. The highest BCUT2D eigenvalue weighted by Crippen LogP contribution is 2.48. The molecule has 5 rings (SSSR count). The van der Waals surface area contributed by atoms with Crippen molar-refractivity contribution in [1.82, 2.24) is 19.7 Å². The van der Waals surface area contributed by atoms with E-state index in [1.807, 2.05) is 20.3 Å². The summed E-state index contributed by atoms with van der Waals surface area (Å²) in [6.45, 7) is 14.4. The number of carbonyl (C=O) groups is 1. The molecule has 224 valence electrons. The van der Waals surface area contributed by atoms with Crippen LogP contribution in [0.15, 0.2) is 39.4 Å². The molecule has 1 aromatic rings. The first kappa shape index (κ1) is 30.0. The van der Waals surface area contributed by atoms with Crippen molar-refractivity contribution in [2.75, 3.05) is 76.8 Å². The Kier molecular flexibility index (Phi) is 10.4. The molecule has 1 N–H and O–H groups in total. The molecule has 10 heteroatoms. The molecule has 1 amide bonds. The number of allylic oxidation sites excluding steroid dienone is 1. The van der Waals surface area contributed by atoms with Crippen molar-refractivity contribution in [3.05, 3.63) is 29.4 Å². The van der Waals surface area contributed by atoms with Gasteiger partial charge in [-0.25, -0.2) is 4.98 Å². The first-order chi connectivity index (χ1) is 20.0. The Morgan fingerprint density at radius 1 is 1.12 bits per heavy atom. The number of piperazine rings is 1. The second-order valence-corrected chi connectivity index (χ2v) is 13.2. The zero-order valence-electron chi connectivity index (χ0n) is 25.2. The fraction of sp³-hybridized carbons (Fsp3) is 0.677. The lowest BCUT2D eigenvalue weighted by Crippen LogP contribution is -2.53. The number of amides is 1. The molecule has 4 aliphatic rings. The number of carbonyl (C=O) groups excluding carboxylic acids is 1. The predicted octanol–water partition coefficient (Wildman–Crippen LogP) is 4.05. The molecular weight excluding hydrogens is 532 g/mol. The van der Waals surface area contributed by atoms with E-state index in [1.165, 1.54) is 51.0 Å². The van der Waals surface area contributed by atoms with Gasteiger partial charge in [-0.3, -0.25) is 19.7 Å². The van der Waals surface area contributed by atoms with Crippen LogP contribution in [0.25, 0.3) is 0 Å². The number of rotatable bonds is 9. The van der Waals surface area contributed by atoms with Gasteiger partial charge in [0.1, 0.15) is 12.5 Å². The normalized spacial score (nSPS) is 27.1. The second-order valence-electron chi connectivity index (χ2n) is 12.0. The molecule has 2 atom stereocenters. The fourth-order valence-electron chi connectivity index (χ4n) is 7.02. The predicted molar refractivity (Wildman–Crippen MR) is 172 cm³/mol. The van der Waals surface area contributed by atoms with E-state index in [4.69, 9.17) is 9.98 Å². The number of nitrogens with zero attached hydrogens (tertiary/aromatic N) is 7. The number of piperidine rings is 1. The summed E-state index contributed by atoms with van der Waals surface area (Å²) in [6.07, 6.45) is 11.1. The number of anilines is 2. The van der Waals surface area contributed by atoms with Crippen molar-refractivity contribution in [2.45, 2.75) is 56.7 Å². The van der Waals surface area contributed by atoms with E-state index in [0.717, 1.165) is 61.5 Å². The lowest BCUT2D eigenvalue weighted by Gasteiger charge is -2.43. The molecule has 0 bridgehead atoms. The fourth-order valence-corrected chi connectivity index (χ4v) is 8.56. The number of nitrogens with one attached hydrogen (secondary N) is 1. The average Bonchev–Trinajstić information content (AvgIpc) is 3.66. The molecule has 3 saturated heterocycles. The van der Waals surface area contributed by atoms with Gasteiger partial charge in [0.15, 0.2) is 0 Å². The molecule has 1 saturated carbocycles. The molecule has 3 aliphatic heterocycles.